The topological polar surface area (TPSA) is 47.4 Å². The molecule has 2 heterocycles. The fourth-order valence-electron chi connectivity index (χ4n) is 5.52. The van der Waals surface area contributed by atoms with Crippen molar-refractivity contribution in [2.24, 2.45) is 0 Å². The minimum absolute atomic E-state index is 0.103. The second kappa shape index (κ2) is 10.6. The zero-order chi connectivity index (χ0) is 28.9. The lowest BCUT2D eigenvalue weighted by Crippen LogP contribution is -2.18. The van der Waals surface area contributed by atoms with Crippen molar-refractivity contribution in [3.8, 4) is 16.9 Å². The van der Waals surface area contributed by atoms with Gasteiger partial charge in [0.1, 0.15) is 11.6 Å². The summed E-state index contributed by atoms with van der Waals surface area (Å²) in [5.41, 5.74) is 2.06. The minimum atomic E-state index is -4.50. The Morgan fingerprint density at radius 1 is 1.07 bits per heavy atom. The van der Waals surface area contributed by atoms with E-state index in [1.165, 1.54) is 24.3 Å². The quantitative estimate of drug-likeness (QED) is 0.134. The van der Waals surface area contributed by atoms with E-state index in [1.807, 2.05) is 23.6 Å². The average molecular weight is 576 g/mol. The van der Waals surface area contributed by atoms with E-state index in [2.05, 4.69) is 0 Å². The lowest BCUT2D eigenvalue weighted by molar-refractivity contribution is -0.136. The van der Waals surface area contributed by atoms with Crippen LogP contribution in [0.3, 0.4) is 0 Å². The Morgan fingerprint density at radius 3 is 2.40 bits per heavy atom. The van der Waals surface area contributed by atoms with Crippen molar-refractivity contribution in [3.63, 3.8) is 0 Å². The molecule has 0 saturated carbocycles. The van der Waals surface area contributed by atoms with Crippen molar-refractivity contribution in [2.75, 3.05) is 27.4 Å². The first-order valence-electron chi connectivity index (χ1n) is 12.5. The fraction of sp³-hybridized carbons (Fsp3) is 0.310. The largest absolute Gasteiger partial charge is 0.434 e. The average Bonchev–Trinajstić information content (AvgIpc) is 3.44. The highest BCUT2D eigenvalue weighted by atomic mass is 31.1. The molecule has 1 aliphatic heterocycles. The monoisotopic (exact) mass is 575 g/mol. The van der Waals surface area contributed by atoms with Crippen molar-refractivity contribution < 1.29 is 31.5 Å². The number of imidazole rings is 1. The molecule has 0 amide bonds. The van der Waals surface area contributed by atoms with Gasteiger partial charge in [0.2, 0.25) is 0 Å². The standard InChI is InChI=1S/C29H27F5N3O2P/c1-36(2)23-14-22(26-18(15-38)6-5-7-24(26)39-28(30)31)37-21-13-17(8-10-20(21)35-27(23)37)16-9-11-25(40(3)4)19(12-16)29(32,33)34/h5-13,15,22-23,28H,14H2,1-4H3. The van der Waals surface area contributed by atoms with Crippen molar-refractivity contribution >= 4 is 30.5 Å². The number of hydrogen-bond acceptors (Lipinski definition) is 4. The van der Waals surface area contributed by atoms with Gasteiger partial charge in [-0.3, -0.25) is 9.69 Å². The van der Waals surface area contributed by atoms with Crippen LogP contribution in [0.5, 0.6) is 5.75 Å². The number of fused-ring (bicyclic) bond motifs is 3. The third-order valence-electron chi connectivity index (χ3n) is 7.29. The molecule has 1 aliphatic rings. The Kier molecular flexibility index (Phi) is 7.44. The van der Waals surface area contributed by atoms with Crippen LogP contribution in [0.15, 0.2) is 54.6 Å². The van der Waals surface area contributed by atoms with Gasteiger partial charge in [0, 0.05) is 11.1 Å². The Hall–Kier alpha value is -3.36. The van der Waals surface area contributed by atoms with E-state index in [9.17, 15) is 26.7 Å². The molecular weight excluding hydrogens is 548 g/mol. The number of carbonyl (C=O) groups excluding carboxylic acids is 1. The Balaban J connectivity index is 1.72. The van der Waals surface area contributed by atoms with Gasteiger partial charge in [-0.15, -0.1) is 0 Å². The van der Waals surface area contributed by atoms with Crippen LogP contribution in [0.25, 0.3) is 22.2 Å². The molecule has 0 N–H and O–H groups in total. The molecule has 3 aromatic carbocycles. The number of aldehydes is 1. The maximum atomic E-state index is 13.9. The minimum Gasteiger partial charge on any atom is -0.434 e. The van der Waals surface area contributed by atoms with Crippen LogP contribution in [0.1, 0.15) is 45.8 Å². The van der Waals surface area contributed by atoms with E-state index in [1.54, 1.807) is 43.7 Å². The van der Waals surface area contributed by atoms with Crippen molar-refractivity contribution in [1.29, 1.82) is 0 Å². The highest BCUT2D eigenvalue weighted by molar-refractivity contribution is 7.64. The molecular formula is C29H27F5N3O2P. The molecule has 210 valence electrons. The smallest absolute Gasteiger partial charge is 0.417 e. The third-order valence-corrected chi connectivity index (χ3v) is 8.64. The molecule has 0 bridgehead atoms. The van der Waals surface area contributed by atoms with E-state index in [4.69, 9.17) is 9.72 Å². The molecule has 2 unspecified atom stereocenters. The van der Waals surface area contributed by atoms with Crippen LogP contribution in [0.4, 0.5) is 22.0 Å². The summed E-state index contributed by atoms with van der Waals surface area (Å²) in [4.78, 5) is 18.8. The normalized spacial score (nSPS) is 17.3. The third kappa shape index (κ3) is 4.99. The summed E-state index contributed by atoms with van der Waals surface area (Å²) in [5.74, 6) is 0.564. The van der Waals surface area contributed by atoms with Gasteiger partial charge in [0.15, 0.2) is 6.29 Å². The summed E-state index contributed by atoms with van der Waals surface area (Å²) < 4.78 is 75.2. The zero-order valence-electron chi connectivity index (χ0n) is 22.2. The number of carbonyl (C=O) groups is 1. The summed E-state index contributed by atoms with van der Waals surface area (Å²) >= 11 is 0. The van der Waals surface area contributed by atoms with Gasteiger partial charge in [0.05, 0.1) is 28.7 Å². The molecule has 0 saturated heterocycles. The Bertz CT molecular complexity index is 1580. The molecule has 40 heavy (non-hydrogen) atoms. The predicted octanol–water partition coefficient (Wildman–Crippen LogP) is 7.10. The number of alkyl halides is 5. The van der Waals surface area contributed by atoms with Crippen LogP contribution in [-0.4, -0.2) is 54.8 Å². The van der Waals surface area contributed by atoms with Gasteiger partial charge in [-0.25, -0.2) is 4.98 Å². The van der Waals surface area contributed by atoms with Crippen LogP contribution < -0.4 is 10.0 Å². The van der Waals surface area contributed by atoms with Gasteiger partial charge in [-0.1, -0.05) is 38.3 Å². The van der Waals surface area contributed by atoms with E-state index in [-0.39, 0.29) is 22.7 Å². The van der Waals surface area contributed by atoms with Crippen LogP contribution in [0.2, 0.25) is 0 Å². The van der Waals surface area contributed by atoms with Gasteiger partial charge >= 0.3 is 12.8 Å². The molecule has 4 aromatic rings. The molecule has 0 radical (unpaired) electrons. The molecule has 1 aromatic heterocycles. The number of halogens is 5. The maximum absolute atomic E-state index is 13.9. The zero-order valence-corrected chi connectivity index (χ0v) is 23.1. The first-order valence-corrected chi connectivity index (χ1v) is 14.7. The maximum Gasteiger partial charge on any atom is 0.417 e. The molecule has 0 aliphatic carbocycles. The van der Waals surface area contributed by atoms with Gasteiger partial charge in [-0.2, -0.15) is 22.0 Å². The number of hydrogen-bond donors (Lipinski definition) is 0. The SMILES string of the molecule is CN(C)C1CC(c2c(C=O)cccc2OC(F)F)n2c1nc1ccc(-c3ccc(P(C)C)c(C(F)(F)F)c3)cc12. The number of rotatable bonds is 7. The highest BCUT2D eigenvalue weighted by Gasteiger charge is 2.39. The van der Waals surface area contributed by atoms with Gasteiger partial charge in [-0.05, 0) is 74.5 Å². The van der Waals surface area contributed by atoms with Gasteiger partial charge < -0.3 is 9.30 Å². The first-order chi connectivity index (χ1) is 18.9. The van der Waals surface area contributed by atoms with E-state index in [0.717, 1.165) is 0 Å². The van der Waals surface area contributed by atoms with Crippen molar-refractivity contribution in [3.05, 3.63) is 77.1 Å². The first kappa shape index (κ1) is 28.2. The van der Waals surface area contributed by atoms with Crippen LogP contribution in [-0.2, 0) is 6.18 Å². The van der Waals surface area contributed by atoms with Crippen molar-refractivity contribution in [1.82, 2.24) is 14.5 Å². The number of benzene rings is 3. The number of aromatic nitrogens is 2. The lowest BCUT2D eigenvalue weighted by atomic mass is 9.96. The molecule has 11 heteroatoms. The van der Waals surface area contributed by atoms with Gasteiger partial charge in [0.25, 0.3) is 0 Å². The van der Waals surface area contributed by atoms with Crippen LogP contribution >= 0.6 is 7.92 Å². The summed E-state index contributed by atoms with van der Waals surface area (Å²) in [6.45, 7) is 0.479. The van der Waals surface area contributed by atoms with Crippen LogP contribution in [0, 0.1) is 0 Å². The van der Waals surface area contributed by atoms with E-state index < -0.39 is 32.3 Å². The molecule has 0 fully saturated rings. The Labute approximate surface area is 229 Å². The summed E-state index contributed by atoms with van der Waals surface area (Å²) in [6, 6.07) is 13.3. The summed E-state index contributed by atoms with van der Waals surface area (Å²) in [7, 11) is 2.78. The summed E-state index contributed by atoms with van der Waals surface area (Å²) in [5, 5.41) is 0.281. The second-order valence-electron chi connectivity index (χ2n) is 10.2. The lowest BCUT2D eigenvalue weighted by Gasteiger charge is -2.22. The number of nitrogens with zero attached hydrogens (tertiary/aromatic N) is 3. The van der Waals surface area contributed by atoms with Crippen molar-refractivity contribution in [2.45, 2.75) is 31.3 Å². The van der Waals surface area contributed by atoms with E-state index in [0.29, 0.717) is 46.3 Å². The predicted molar refractivity (Wildman–Crippen MR) is 146 cm³/mol. The highest BCUT2D eigenvalue weighted by Crippen LogP contribution is 2.47. The van der Waals surface area contributed by atoms with E-state index >= 15 is 0 Å². The molecule has 2 atom stereocenters. The molecule has 0 spiro atoms. The fourth-order valence-corrected chi connectivity index (χ4v) is 6.56. The molecule has 5 rings (SSSR count). The second-order valence-corrected chi connectivity index (χ2v) is 12.4. The Morgan fingerprint density at radius 2 is 1.77 bits per heavy atom. The molecule has 5 nitrogen and oxygen atoms in total. The number of ether oxygens (including phenoxy) is 1. The summed E-state index contributed by atoms with van der Waals surface area (Å²) in [6.07, 6.45) is -3.45.